The van der Waals surface area contributed by atoms with Gasteiger partial charge in [-0.3, -0.25) is 0 Å². The molecule has 0 bridgehead atoms. The van der Waals surface area contributed by atoms with Crippen LogP contribution in [0.4, 0.5) is 8.78 Å². The second-order valence-electron chi connectivity index (χ2n) is 4.42. The summed E-state index contributed by atoms with van der Waals surface area (Å²) in [6.07, 6.45) is -1.07. The number of alkyl halides is 2. The highest BCUT2D eigenvalue weighted by atomic mass is 32.2. The zero-order valence-electron chi connectivity index (χ0n) is 9.64. The maximum absolute atomic E-state index is 12.6. The minimum atomic E-state index is -3.97. The lowest BCUT2D eigenvalue weighted by atomic mass is 9.89. The van der Waals surface area contributed by atoms with Crippen molar-refractivity contribution in [2.75, 3.05) is 0 Å². The summed E-state index contributed by atoms with van der Waals surface area (Å²) in [7, 11) is -3.97. The van der Waals surface area contributed by atoms with Crippen molar-refractivity contribution in [2.24, 2.45) is 0 Å². The van der Waals surface area contributed by atoms with Crippen molar-refractivity contribution < 1.29 is 27.1 Å². The molecule has 0 unspecified atom stereocenters. The predicted molar refractivity (Wildman–Crippen MR) is 61.7 cm³/mol. The summed E-state index contributed by atoms with van der Waals surface area (Å²) >= 11 is 0. The van der Waals surface area contributed by atoms with Gasteiger partial charge < -0.3 is 5.11 Å². The molecule has 5 nitrogen and oxygen atoms in total. The van der Waals surface area contributed by atoms with Crippen LogP contribution >= 0.6 is 0 Å². The number of halogens is 2. The van der Waals surface area contributed by atoms with E-state index in [0.717, 1.165) is 6.07 Å². The smallest absolute Gasteiger partial charge is 0.335 e. The summed E-state index contributed by atoms with van der Waals surface area (Å²) in [6.45, 7) is 0. The van der Waals surface area contributed by atoms with Crippen LogP contribution in [0.2, 0.25) is 0 Å². The average molecular weight is 291 g/mol. The van der Waals surface area contributed by atoms with Gasteiger partial charge >= 0.3 is 5.97 Å². The fraction of sp³-hybridized carbons (Fsp3) is 0.364. The molecule has 1 saturated carbocycles. The highest BCUT2D eigenvalue weighted by Crippen LogP contribution is 2.38. The minimum absolute atomic E-state index is 0.179. The lowest BCUT2D eigenvalue weighted by Crippen LogP contribution is -2.50. The Kier molecular flexibility index (Phi) is 3.31. The molecule has 0 radical (unpaired) electrons. The molecule has 8 heteroatoms. The van der Waals surface area contributed by atoms with E-state index in [1.807, 2.05) is 0 Å². The minimum Gasteiger partial charge on any atom is -0.478 e. The molecule has 0 saturated heterocycles. The van der Waals surface area contributed by atoms with Crippen LogP contribution in [-0.4, -0.2) is 31.5 Å². The van der Waals surface area contributed by atoms with Crippen molar-refractivity contribution in [3.8, 4) is 0 Å². The first-order valence-electron chi connectivity index (χ1n) is 5.43. The molecule has 0 atom stereocenters. The van der Waals surface area contributed by atoms with Crippen LogP contribution in [0.25, 0.3) is 0 Å². The molecular formula is C11H11F2NO4S. The van der Waals surface area contributed by atoms with Gasteiger partial charge in [0.2, 0.25) is 10.0 Å². The van der Waals surface area contributed by atoms with Crippen molar-refractivity contribution in [1.29, 1.82) is 0 Å². The number of hydrogen-bond acceptors (Lipinski definition) is 3. The predicted octanol–water partition coefficient (Wildman–Crippen LogP) is 1.46. The number of aromatic carboxylic acids is 1. The van der Waals surface area contributed by atoms with E-state index in [1.54, 1.807) is 0 Å². The van der Waals surface area contributed by atoms with Gasteiger partial charge in [0.25, 0.3) is 5.92 Å². The Labute approximate surface area is 108 Å². The SMILES string of the molecule is O=C(O)c1cccc(S(=O)(=O)NC2CC(F)(F)C2)c1. The molecule has 1 fully saturated rings. The molecule has 104 valence electrons. The zero-order chi connectivity index (χ0) is 14.3. The van der Waals surface area contributed by atoms with Gasteiger partial charge in [0.05, 0.1) is 10.5 Å². The number of carbonyl (C=O) groups is 1. The van der Waals surface area contributed by atoms with Gasteiger partial charge in [0, 0.05) is 18.9 Å². The van der Waals surface area contributed by atoms with E-state index in [1.165, 1.54) is 18.2 Å². The van der Waals surface area contributed by atoms with Crippen LogP contribution in [0, 0.1) is 0 Å². The average Bonchev–Trinajstić information content (AvgIpc) is 2.26. The van der Waals surface area contributed by atoms with Crippen molar-refractivity contribution in [3.05, 3.63) is 29.8 Å². The summed E-state index contributed by atoms with van der Waals surface area (Å²) < 4.78 is 51.1. The maximum Gasteiger partial charge on any atom is 0.335 e. The zero-order valence-corrected chi connectivity index (χ0v) is 10.5. The first kappa shape index (κ1) is 13.9. The number of rotatable bonds is 4. The largest absolute Gasteiger partial charge is 0.478 e. The van der Waals surface area contributed by atoms with E-state index in [4.69, 9.17) is 5.11 Å². The Hall–Kier alpha value is -1.54. The van der Waals surface area contributed by atoms with Gasteiger partial charge in [-0.05, 0) is 18.2 Å². The van der Waals surface area contributed by atoms with Gasteiger partial charge in [0.1, 0.15) is 0 Å². The fourth-order valence-electron chi connectivity index (χ4n) is 1.83. The van der Waals surface area contributed by atoms with Gasteiger partial charge in [0.15, 0.2) is 0 Å². The molecule has 1 aromatic carbocycles. The third-order valence-electron chi connectivity index (χ3n) is 2.80. The quantitative estimate of drug-likeness (QED) is 0.879. The Bertz CT molecular complexity index is 607. The summed E-state index contributed by atoms with van der Waals surface area (Å²) in [5.74, 6) is -4.08. The van der Waals surface area contributed by atoms with Crippen molar-refractivity contribution in [3.63, 3.8) is 0 Å². The molecule has 1 aliphatic rings. The Balaban J connectivity index is 2.16. The normalized spacial score (nSPS) is 18.8. The van der Waals surface area contributed by atoms with Crippen LogP contribution in [0.1, 0.15) is 23.2 Å². The number of hydrogen-bond donors (Lipinski definition) is 2. The lowest BCUT2D eigenvalue weighted by molar-refractivity contribution is -0.0876. The second kappa shape index (κ2) is 4.53. The molecule has 0 heterocycles. The van der Waals surface area contributed by atoms with Crippen molar-refractivity contribution in [2.45, 2.75) is 29.7 Å². The molecule has 2 N–H and O–H groups in total. The number of carboxylic acid groups (broad SMARTS) is 1. The van der Waals surface area contributed by atoms with Crippen molar-refractivity contribution in [1.82, 2.24) is 4.72 Å². The van der Waals surface area contributed by atoms with E-state index in [9.17, 15) is 22.0 Å². The van der Waals surface area contributed by atoms with E-state index >= 15 is 0 Å². The molecular weight excluding hydrogens is 280 g/mol. The molecule has 19 heavy (non-hydrogen) atoms. The molecule has 1 aliphatic carbocycles. The lowest BCUT2D eigenvalue weighted by Gasteiger charge is -2.34. The van der Waals surface area contributed by atoms with Crippen LogP contribution in [-0.2, 0) is 10.0 Å². The number of benzene rings is 1. The molecule has 1 aromatic rings. The summed E-state index contributed by atoms with van der Waals surface area (Å²) in [5, 5.41) is 8.77. The maximum atomic E-state index is 12.6. The van der Waals surface area contributed by atoms with Gasteiger partial charge in [-0.25, -0.2) is 26.7 Å². The fourth-order valence-corrected chi connectivity index (χ4v) is 3.11. The molecule has 0 spiro atoms. The van der Waals surface area contributed by atoms with Crippen molar-refractivity contribution >= 4 is 16.0 Å². The number of nitrogens with one attached hydrogen (secondary N) is 1. The van der Waals surface area contributed by atoms with Crippen LogP contribution in [0.5, 0.6) is 0 Å². The third kappa shape index (κ3) is 3.07. The Morgan fingerprint density at radius 3 is 2.53 bits per heavy atom. The molecule has 0 aromatic heterocycles. The number of carboxylic acids is 1. The van der Waals surface area contributed by atoms with Crippen LogP contribution in [0.3, 0.4) is 0 Å². The standard InChI is InChI=1S/C11H11F2NO4S/c12-11(13)5-8(6-11)14-19(17,18)9-3-1-2-7(4-9)10(15)16/h1-4,8,14H,5-6H2,(H,15,16). The summed E-state index contributed by atoms with van der Waals surface area (Å²) in [4.78, 5) is 10.5. The summed E-state index contributed by atoms with van der Waals surface area (Å²) in [5.41, 5.74) is -0.179. The number of sulfonamides is 1. The van der Waals surface area contributed by atoms with Crippen LogP contribution < -0.4 is 4.72 Å². The van der Waals surface area contributed by atoms with E-state index in [0.29, 0.717) is 0 Å². The van der Waals surface area contributed by atoms with Gasteiger partial charge in [-0.2, -0.15) is 0 Å². The Morgan fingerprint density at radius 2 is 2.00 bits per heavy atom. The summed E-state index contributed by atoms with van der Waals surface area (Å²) in [6, 6.07) is 3.92. The van der Waals surface area contributed by atoms with E-state index < -0.39 is 40.8 Å². The highest BCUT2D eigenvalue weighted by molar-refractivity contribution is 7.89. The first-order chi connectivity index (χ1) is 8.70. The topological polar surface area (TPSA) is 83.5 Å². The van der Waals surface area contributed by atoms with Crippen LogP contribution in [0.15, 0.2) is 29.2 Å². The van der Waals surface area contributed by atoms with Gasteiger partial charge in [-0.1, -0.05) is 6.07 Å². The van der Waals surface area contributed by atoms with Gasteiger partial charge in [-0.15, -0.1) is 0 Å². The second-order valence-corrected chi connectivity index (χ2v) is 6.13. The monoisotopic (exact) mass is 291 g/mol. The molecule has 0 amide bonds. The van der Waals surface area contributed by atoms with E-state index in [-0.39, 0.29) is 10.5 Å². The first-order valence-corrected chi connectivity index (χ1v) is 6.91. The molecule has 2 rings (SSSR count). The third-order valence-corrected chi connectivity index (χ3v) is 4.32. The Morgan fingerprint density at radius 1 is 1.37 bits per heavy atom. The molecule has 0 aliphatic heterocycles. The highest BCUT2D eigenvalue weighted by Gasteiger charge is 2.46. The van der Waals surface area contributed by atoms with E-state index in [2.05, 4.69) is 4.72 Å².